The van der Waals surface area contributed by atoms with Crippen molar-refractivity contribution in [2.75, 3.05) is 13.1 Å². The van der Waals surface area contributed by atoms with Crippen LogP contribution in [0.5, 0.6) is 0 Å². The minimum atomic E-state index is -0.647. The van der Waals surface area contributed by atoms with Crippen LogP contribution in [-0.2, 0) is 4.79 Å². The summed E-state index contributed by atoms with van der Waals surface area (Å²) in [6, 6.07) is 8.97. The summed E-state index contributed by atoms with van der Waals surface area (Å²) in [5.41, 5.74) is 1.31. The molecule has 1 N–H and O–H groups in total. The molecule has 0 saturated carbocycles. The highest BCUT2D eigenvalue weighted by atomic mass is 16.4. The first-order valence-corrected chi connectivity index (χ1v) is 7.99. The van der Waals surface area contributed by atoms with E-state index in [1.807, 2.05) is 18.5 Å². The fourth-order valence-corrected chi connectivity index (χ4v) is 3.47. The van der Waals surface area contributed by atoms with Crippen LogP contribution < -0.4 is 0 Å². The maximum atomic E-state index is 11.1. The Morgan fingerprint density at radius 2 is 2.09 bits per heavy atom. The van der Waals surface area contributed by atoms with E-state index < -0.39 is 5.97 Å². The standard InChI is InChI=1S/C18H22N2O2/c1-2-17(20-9-6-13(7-10-20)18(21)22)15-3-4-16-12-19-8-5-14(16)11-15/h3-5,8,11-13,17H,2,6-7,9-10H2,1H3,(H,21,22). The summed E-state index contributed by atoms with van der Waals surface area (Å²) < 4.78 is 0. The molecule has 0 aliphatic carbocycles. The monoisotopic (exact) mass is 298 g/mol. The minimum Gasteiger partial charge on any atom is -0.481 e. The quantitative estimate of drug-likeness (QED) is 0.939. The van der Waals surface area contributed by atoms with Gasteiger partial charge < -0.3 is 5.11 Å². The van der Waals surface area contributed by atoms with Gasteiger partial charge in [0.25, 0.3) is 0 Å². The Bertz CT molecular complexity index is 663. The molecule has 0 bridgehead atoms. The summed E-state index contributed by atoms with van der Waals surface area (Å²) >= 11 is 0. The Kier molecular flexibility index (Phi) is 4.39. The Balaban J connectivity index is 1.79. The van der Waals surface area contributed by atoms with Crippen molar-refractivity contribution in [1.82, 2.24) is 9.88 Å². The smallest absolute Gasteiger partial charge is 0.306 e. The number of hydrogen-bond acceptors (Lipinski definition) is 3. The van der Waals surface area contributed by atoms with Crippen molar-refractivity contribution < 1.29 is 9.90 Å². The predicted molar refractivity (Wildman–Crippen MR) is 86.7 cm³/mol. The molecule has 2 heterocycles. The zero-order chi connectivity index (χ0) is 15.5. The number of aromatic nitrogens is 1. The van der Waals surface area contributed by atoms with Crippen molar-refractivity contribution >= 4 is 16.7 Å². The first kappa shape index (κ1) is 15.0. The molecule has 1 aliphatic heterocycles. The molecular formula is C18H22N2O2. The zero-order valence-electron chi connectivity index (χ0n) is 12.9. The Morgan fingerprint density at radius 1 is 1.32 bits per heavy atom. The van der Waals surface area contributed by atoms with Gasteiger partial charge in [-0.25, -0.2) is 0 Å². The number of rotatable bonds is 4. The first-order valence-electron chi connectivity index (χ1n) is 7.99. The SMILES string of the molecule is CCC(c1ccc2cnccc2c1)N1CCC(C(=O)O)CC1. The first-order chi connectivity index (χ1) is 10.7. The van der Waals surface area contributed by atoms with Crippen molar-refractivity contribution in [3.8, 4) is 0 Å². The lowest BCUT2D eigenvalue weighted by molar-refractivity contribution is -0.143. The van der Waals surface area contributed by atoms with Gasteiger partial charge in [0, 0.05) is 23.8 Å². The summed E-state index contributed by atoms with van der Waals surface area (Å²) in [6.45, 7) is 3.93. The average Bonchev–Trinajstić information content (AvgIpc) is 2.56. The van der Waals surface area contributed by atoms with E-state index >= 15 is 0 Å². The molecule has 1 saturated heterocycles. The maximum absolute atomic E-state index is 11.1. The van der Waals surface area contributed by atoms with Gasteiger partial charge in [0.2, 0.25) is 0 Å². The Labute approximate surface area is 130 Å². The number of pyridine rings is 1. The molecular weight excluding hydrogens is 276 g/mol. The molecule has 22 heavy (non-hydrogen) atoms. The molecule has 4 heteroatoms. The van der Waals surface area contributed by atoms with Gasteiger partial charge in [-0.2, -0.15) is 0 Å². The second-order valence-electron chi connectivity index (χ2n) is 6.05. The highest BCUT2D eigenvalue weighted by Gasteiger charge is 2.28. The number of likely N-dealkylation sites (tertiary alicyclic amines) is 1. The van der Waals surface area contributed by atoms with Gasteiger partial charge in [-0.15, -0.1) is 0 Å². The lowest BCUT2D eigenvalue weighted by Crippen LogP contribution is -2.38. The van der Waals surface area contributed by atoms with Crippen LogP contribution >= 0.6 is 0 Å². The van der Waals surface area contributed by atoms with E-state index in [2.05, 4.69) is 35.0 Å². The summed E-state index contributed by atoms with van der Waals surface area (Å²) in [7, 11) is 0. The third kappa shape index (κ3) is 2.97. The second-order valence-corrected chi connectivity index (χ2v) is 6.05. The van der Waals surface area contributed by atoms with Gasteiger partial charge in [0.05, 0.1) is 5.92 Å². The molecule has 1 aliphatic rings. The van der Waals surface area contributed by atoms with Gasteiger partial charge >= 0.3 is 5.97 Å². The van der Waals surface area contributed by atoms with Crippen LogP contribution in [-0.4, -0.2) is 34.0 Å². The molecule has 1 aromatic carbocycles. The molecule has 116 valence electrons. The van der Waals surface area contributed by atoms with Crippen LogP contribution in [0.2, 0.25) is 0 Å². The summed E-state index contributed by atoms with van der Waals surface area (Å²) in [4.78, 5) is 17.7. The van der Waals surface area contributed by atoms with Crippen molar-refractivity contribution in [3.63, 3.8) is 0 Å². The van der Waals surface area contributed by atoms with Crippen molar-refractivity contribution in [1.29, 1.82) is 0 Å². The van der Waals surface area contributed by atoms with Crippen LogP contribution in [0, 0.1) is 5.92 Å². The summed E-state index contributed by atoms with van der Waals surface area (Å²) in [5.74, 6) is -0.817. The fourth-order valence-electron chi connectivity index (χ4n) is 3.47. The highest BCUT2D eigenvalue weighted by molar-refractivity contribution is 5.82. The van der Waals surface area contributed by atoms with Crippen LogP contribution in [0.15, 0.2) is 36.7 Å². The fraction of sp³-hybridized carbons (Fsp3) is 0.444. The van der Waals surface area contributed by atoms with Crippen LogP contribution in [0.25, 0.3) is 10.8 Å². The average molecular weight is 298 g/mol. The zero-order valence-corrected chi connectivity index (χ0v) is 12.9. The van der Waals surface area contributed by atoms with Crippen molar-refractivity contribution in [3.05, 3.63) is 42.2 Å². The third-order valence-corrected chi connectivity index (χ3v) is 4.76. The Morgan fingerprint density at radius 3 is 2.77 bits per heavy atom. The summed E-state index contributed by atoms with van der Waals surface area (Å²) in [5, 5.41) is 11.5. The van der Waals surface area contributed by atoms with Crippen LogP contribution in [0.4, 0.5) is 0 Å². The number of fused-ring (bicyclic) bond motifs is 1. The second kappa shape index (κ2) is 6.44. The van der Waals surface area contributed by atoms with E-state index in [-0.39, 0.29) is 5.92 Å². The highest BCUT2D eigenvalue weighted by Crippen LogP contribution is 2.30. The van der Waals surface area contributed by atoms with E-state index in [1.165, 1.54) is 10.9 Å². The van der Waals surface area contributed by atoms with Crippen LogP contribution in [0.1, 0.15) is 37.8 Å². The number of carbonyl (C=O) groups is 1. The van der Waals surface area contributed by atoms with Gasteiger partial charge in [-0.3, -0.25) is 14.7 Å². The number of piperidine rings is 1. The molecule has 1 fully saturated rings. The molecule has 1 aromatic heterocycles. The minimum absolute atomic E-state index is 0.170. The Hall–Kier alpha value is -1.94. The molecule has 3 rings (SSSR count). The predicted octanol–water partition coefficient (Wildman–Crippen LogP) is 3.48. The molecule has 1 atom stereocenters. The normalized spacial score (nSPS) is 18.4. The van der Waals surface area contributed by atoms with Gasteiger partial charge in [0.15, 0.2) is 0 Å². The summed E-state index contributed by atoms with van der Waals surface area (Å²) in [6.07, 6.45) is 6.25. The van der Waals surface area contributed by atoms with Gasteiger partial charge in [-0.05, 0) is 55.4 Å². The van der Waals surface area contributed by atoms with Gasteiger partial charge in [-0.1, -0.05) is 19.1 Å². The van der Waals surface area contributed by atoms with E-state index in [1.54, 1.807) is 0 Å². The molecule has 0 spiro atoms. The van der Waals surface area contributed by atoms with Gasteiger partial charge in [0.1, 0.15) is 0 Å². The lowest BCUT2D eigenvalue weighted by Gasteiger charge is -2.36. The number of benzene rings is 1. The number of nitrogens with zero attached hydrogens (tertiary/aromatic N) is 2. The lowest BCUT2D eigenvalue weighted by atomic mass is 9.93. The van der Waals surface area contributed by atoms with E-state index in [9.17, 15) is 4.79 Å². The topological polar surface area (TPSA) is 53.4 Å². The largest absolute Gasteiger partial charge is 0.481 e. The molecule has 4 nitrogen and oxygen atoms in total. The van der Waals surface area contributed by atoms with Crippen LogP contribution in [0.3, 0.4) is 0 Å². The van der Waals surface area contributed by atoms with Crippen molar-refractivity contribution in [2.24, 2.45) is 5.92 Å². The maximum Gasteiger partial charge on any atom is 0.306 e. The number of carboxylic acid groups (broad SMARTS) is 1. The molecule has 0 radical (unpaired) electrons. The van der Waals surface area contributed by atoms with E-state index in [0.29, 0.717) is 6.04 Å². The number of carboxylic acids is 1. The molecule has 1 unspecified atom stereocenters. The van der Waals surface area contributed by atoms with E-state index in [4.69, 9.17) is 5.11 Å². The number of hydrogen-bond donors (Lipinski definition) is 1. The van der Waals surface area contributed by atoms with E-state index in [0.717, 1.165) is 37.7 Å². The number of aliphatic carboxylic acids is 1. The molecule has 0 amide bonds. The third-order valence-electron chi connectivity index (χ3n) is 4.76. The molecule has 2 aromatic rings. The van der Waals surface area contributed by atoms with Crippen molar-refractivity contribution in [2.45, 2.75) is 32.2 Å².